The zero-order valence-corrected chi connectivity index (χ0v) is 29.5. The molecule has 1 aromatic heterocycles. The van der Waals surface area contributed by atoms with Crippen molar-refractivity contribution >= 4 is 16.9 Å². The van der Waals surface area contributed by atoms with Gasteiger partial charge in [0.25, 0.3) is 0 Å². The summed E-state index contributed by atoms with van der Waals surface area (Å²) >= 11 is 0. The molecular weight excluding hydrogens is 756 g/mol. The number of esters is 1. The molecule has 0 aliphatic carbocycles. The predicted molar refractivity (Wildman–Crippen MR) is 181 cm³/mol. The highest BCUT2D eigenvalue weighted by Gasteiger charge is 2.51. The fourth-order valence-electron chi connectivity index (χ4n) is 6.41. The summed E-state index contributed by atoms with van der Waals surface area (Å²) in [5.74, 6) is -2.94. The number of benzene rings is 2. The lowest BCUT2D eigenvalue weighted by atomic mass is 9.97. The van der Waals surface area contributed by atoms with E-state index in [-0.39, 0.29) is 28.4 Å². The third kappa shape index (κ3) is 8.13. The minimum absolute atomic E-state index is 0.106. The van der Waals surface area contributed by atoms with Crippen molar-refractivity contribution in [1.82, 2.24) is 0 Å². The predicted octanol–water partition coefficient (Wildman–Crippen LogP) is -3.35. The van der Waals surface area contributed by atoms with Crippen LogP contribution >= 0.6 is 0 Å². The quantitative estimate of drug-likeness (QED) is 0.0893. The van der Waals surface area contributed by atoms with Gasteiger partial charge in [-0.25, -0.2) is 0 Å². The van der Waals surface area contributed by atoms with Gasteiger partial charge in [0.1, 0.15) is 95.9 Å². The Morgan fingerprint density at radius 2 is 1.36 bits per heavy atom. The standard InChI is InChI=1S/C35H42O21/c1-11-21(40)27(46)32(56-34-29(48)25(44)22(41)18(9-36)53-34)35(50-11)55-31-24(43)20-16(39)7-15(8-17(20)52-30(31)13-3-5-14(38)6-4-13)51-33-28(47)26(45)23(42)19(54-33)10-49-12(2)37/h3-8,11,18-19,21-23,25-29,32-36,38-42,44-48H,9-10H2,1-2H3/t11-,18-,19-,21-,22+,23-,25+,26+,27+,28-,29+,32-,33+,34-,35-/m0/s1. The minimum atomic E-state index is -1.95. The molecule has 0 spiro atoms. The summed E-state index contributed by atoms with van der Waals surface area (Å²) in [6, 6.07) is 7.21. The Balaban J connectivity index is 1.38. The number of carbonyl (C=O) groups is 1. The minimum Gasteiger partial charge on any atom is -0.508 e. The van der Waals surface area contributed by atoms with Crippen molar-refractivity contribution in [3.05, 3.63) is 46.6 Å². The molecule has 3 saturated heterocycles. The zero-order chi connectivity index (χ0) is 40.7. The van der Waals surface area contributed by atoms with Crippen molar-refractivity contribution in [2.45, 2.75) is 106 Å². The SMILES string of the molecule is CC(=O)OC[C@@H]1O[C@@H](Oc2cc(O)c3c(=O)c(O[C@@H]4O[C@@H](C)[C@H](O)[C@@H](O)[C@@H]4O[C@@H]4O[C@@H](CO)[C@@H](O)[C@@H](O)[C@H]4O)c(-c4ccc(O)cc4)oc3c2)[C@@H](O)[C@H](O)[C@H]1O. The van der Waals surface area contributed by atoms with Crippen molar-refractivity contribution in [2.75, 3.05) is 13.2 Å². The van der Waals surface area contributed by atoms with Gasteiger partial charge < -0.3 is 93.7 Å². The van der Waals surface area contributed by atoms with E-state index < -0.39 is 134 Å². The maximum Gasteiger partial charge on any atom is 0.302 e. The van der Waals surface area contributed by atoms with Gasteiger partial charge in [-0.1, -0.05) is 0 Å². The summed E-state index contributed by atoms with van der Waals surface area (Å²) in [5, 5.41) is 114. The second-order valence-electron chi connectivity index (χ2n) is 13.5. The van der Waals surface area contributed by atoms with Crippen LogP contribution in [-0.2, 0) is 28.5 Å². The molecule has 3 fully saturated rings. The number of phenols is 2. The fourth-order valence-corrected chi connectivity index (χ4v) is 6.41. The van der Waals surface area contributed by atoms with Crippen LogP contribution in [0.4, 0.5) is 0 Å². The highest BCUT2D eigenvalue weighted by atomic mass is 16.8. The molecule has 2 aromatic carbocycles. The average molecular weight is 799 g/mol. The Hall–Kier alpha value is -4.20. The van der Waals surface area contributed by atoms with Crippen LogP contribution in [0.15, 0.2) is 45.6 Å². The van der Waals surface area contributed by atoms with E-state index in [0.717, 1.165) is 19.1 Å². The van der Waals surface area contributed by atoms with Crippen LogP contribution in [0.5, 0.6) is 23.0 Å². The number of hydrogen-bond donors (Lipinski definition) is 11. The molecule has 11 N–H and O–H groups in total. The molecule has 21 nitrogen and oxygen atoms in total. The van der Waals surface area contributed by atoms with Crippen LogP contribution in [-0.4, -0.2) is 167 Å². The van der Waals surface area contributed by atoms with Crippen molar-refractivity contribution in [3.63, 3.8) is 0 Å². The summed E-state index contributed by atoms with van der Waals surface area (Å²) < 4.78 is 45.1. The number of ether oxygens (including phenoxy) is 7. The fraction of sp³-hybridized carbons (Fsp3) is 0.543. The van der Waals surface area contributed by atoms with Crippen LogP contribution in [0.25, 0.3) is 22.3 Å². The number of aliphatic hydroxyl groups is 9. The van der Waals surface area contributed by atoms with E-state index in [1.807, 2.05) is 0 Å². The first-order chi connectivity index (χ1) is 26.5. The molecular formula is C35H42O21. The van der Waals surface area contributed by atoms with Gasteiger partial charge in [-0.15, -0.1) is 0 Å². The molecule has 3 aliphatic heterocycles. The number of aliphatic hydroxyl groups excluding tert-OH is 9. The Labute approximate surface area is 315 Å². The molecule has 4 heterocycles. The number of fused-ring (bicyclic) bond motifs is 1. The molecule has 56 heavy (non-hydrogen) atoms. The molecule has 0 amide bonds. The maximum absolute atomic E-state index is 14.3. The molecule has 3 aromatic rings. The van der Waals surface area contributed by atoms with E-state index in [0.29, 0.717) is 0 Å². The second-order valence-corrected chi connectivity index (χ2v) is 13.5. The van der Waals surface area contributed by atoms with Gasteiger partial charge in [0.05, 0.1) is 12.7 Å². The van der Waals surface area contributed by atoms with Crippen LogP contribution in [0.2, 0.25) is 0 Å². The summed E-state index contributed by atoms with van der Waals surface area (Å²) in [4.78, 5) is 25.6. The van der Waals surface area contributed by atoms with Crippen molar-refractivity contribution in [3.8, 4) is 34.3 Å². The highest BCUT2D eigenvalue weighted by Crippen LogP contribution is 2.39. The smallest absolute Gasteiger partial charge is 0.302 e. The molecule has 0 saturated carbocycles. The first kappa shape index (κ1) is 41.4. The average Bonchev–Trinajstić information content (AvgIpc) is 3.16. The molecule has 308 valence electrons. The first-order valence-corrected chi connectivity index (χ1v) is 17.3. The van der Waals surface area contributed by atoms with Gasteiger partial charge in [-0.3, -0.25) is 9.59 Å². The van der Waals surface area contributed by atoms with Crippen LogP contribution < -0.4 is 14.9 Å². The Morgan fingerprint density at radius 3 is 2.00 bits per heavy atom. The van der Waals surface area contributed by atoms with E-state index in [1.165, 1.54) is 31.2 Å². The van der Waals surface area contributed by atoms with Crippen LogP contribution in [0.1, 0.15) is 13.8 Å². The number of phenolic OH excluding ortho intramolecular Hbond substituents is 2. The van der Waals surface area contributed by atoms with E-state index >= 15 is 0 Å². The molecule has 3 aliphatic rings. The van der Waals surface area contributed by atoms with Crippen LogP contribution in [0.3, 0.4) is 0 Å². The molecule has 15 atom stereocenters. The topological polar surface area (TPSA) is 334 Å². The Bertz CT molecular complexity index is 1900. The summed E-state index contributed by atoms with van der Waals surface area (Å²) in [6.45, 7) is 1.14. The van der Waals surface area contributed by atoms with Crippen molar-refractivity contribution in [2.24, 2.45) is 0 Å². The van der Waals surface area contributed by atoms with Gasteiger partial charge in [0, 0.05) is 24.6 Å². The van der Waals surface area contributed by atoms with Crippen molar-refractivity contribution in [1.29, 1.82) is 0 Å². The normalized spacial score (nSPS) is 36.2. The molecule has 0 unspecified atom stereocenters. The molecule has 0 bridgehead atoms. The monoisotopic (exact) mass is 798 g/mol. The first-order valence-electron chi connectivity index (χ1n) is 17.3. The lowest BCUT2D eigenvalue weighted by molar-refractivity contribution is -0.355. The Morgan fingerprint density at radius 1 is 0.732 bits per heavy atom. The van der Waals surface area contributed by atoms with Gasteiger partial charge in [0.2, 0.25) is 23.8 Å². The lowest BCUT2D eigenvalue weighted by Crippen LogP contribution is -2.64. The van der Waals surface area contributed by atoms with Gasteiger partial charge in [-0.2, -0.15) is 0 Å². The van der Waals surface area contributed by atoms with E-state index in [4.69, 9.17) is 37.6 Å². The number of hydrogen-bond acceptors (Lipinski definition) is 21. The third-order valence-electron chi connectivity index (χ3n) is 9.57. The van der Waals surface area contributed by atoms with E-state index in [2.05, 4.69) is 0 Å². The molecule has 6 rings (SSSR count). The summed E-state index contributed by atoms with van der Waals surface area (Å²) in [6.07, 6.45) is -25.5. The van der Waals surface area contributed by atoms with E-state index in [9.17, 15) is 65.8 Å². The number of rotatable bonds is 10. The zero-order valence-electron chi connectivity index (χ0n) is 29.5. The molecule has 0 radical (unpaired) electrons. The van der Waals surface area contributed by atoms with Gasteiger partial charge in [0.15, 0.2) is 18.2 Å². The second kappa shape index (κ2) is 16.7. The number of carbonyl (C=O) groups excluding carboxylic acids is 1. The third-order valence-corrected chi connectivity index (χ3v) is 9.57. The Kier molecular flexibility index (Phi) is 12.4. The summed E-state index contributed by atoms with van der Waals surface area (Å²) in [7, 11) is 0. The van der Waals surface area contributed by atoms with Gasteiger partial charge in [-0.05, 0) is 31.2 Å². The highest BCUT2D eigenvalue weighted by molar-refractivity contribution is 5.88. The van der Waals surface area contributed by atoms with Crippen LogP contribution in [0, 0.1) is 0 Å². The lowest BCUT2D eigenvalue weighted by Gasteiger charge is -2.45. The van der Waals surface area contributed by atoms with Crippen molar-refractivity contribution < 1.29 is 98.5 Å². The summed E-state index contributed by atoms with van der Waals surface area (Å²) in [5.41, 5.74) is -1.28. The largest absolute Gasteiger partial charge is 0.508 e. The van der Waals surface area contributed by atoms with E-state index in [1.54, 1.807) is 0 Å². The maximum atomic E-state index is 14.3. The number of aromatic hydroxyl groups is 2. The van der Waals surface area contributed by atoms with Gasteiger partial charge >= 0.3 is 5.97 Å². The molecule has 21 heteroatoms.